The number of nitrogens with two attached hydrogens (primary N) is 2. The predicted octanol–water partition coefficient (Wildman–Crippen LogP) is 0.966. The van der Waals surface area contributed by atoms with E-state index in [0.29, 0.717) is 12.4 Å². The summed E-state index contributed by atoms with van der Waals surface area (Å²) in [6.45, 7) is 0. The van der Waals surface area contributed by atoms with Crippen molar-refractivity contribution in [2.24, 2.45) is 23.5 Å². The summed E-state index contributed by atoms with van der Waals surface area (Å²) in [5.74, 6) is 0.317. The molecule has 0 aromatic carbocycles. The van der Waals surface area contributed by atoms with E-state index >= 15 is 0 Å². The fraction of sp³-hybridized carbons (Fsp3) is 0.214. The van der Waals surface area contributed by atoms with Gasteiger partial charge in [-0.05, 0) is 17.7 Å². The topological polar surface area (TPSA) is 123 Å². The zero-order valence-corrected chi connectivity index (χ0v) is 13.3. The molecule has 0 bridgehead atoms. The third-order valence-corrected chi connectivity index (χ3v) is 5.04. The van der Waals surface area contributed by atoms with Crippen molar-refractivity contribution in [3.63, 3.8) is 0 Å². The van der Waals surface area contributed by atoms with Gasteiger partial charge >= 0.3 is 0 Å². The maximum absolute atomic E-state index is 6.61. The first-order chi connectivity index (χ1) is 11.0. The van der Waals surface area contributed by atoms with Gasteiger partial charge in [0.25, 0.3) is 0 Å². The van der Waals surface area contributed by atoms with Crippen LogP contribution in [0.4, 0.5) is 5.69 Å². The summed E-state index contributed by atoms with van der Waals surface area (Å²) in [7, 11) is 1.87. The van der Waals surface area contributed by atoms with E-state index in [9.17, 15) is 0 Å². The summed E-state index contributed by atoms with van der Waals surface area (Å²) in [5.41, 5.74) is 14.5. The van der Waals surface area contributed by atoms with Crippen molar-refractivity contribution in [2.45, 2.75) is 12.1 Å². The van der Waals surface area contributed by atoms with Gasteiger partial charge in [-0.1, -0.05) is 0 Å². The zero-order valence-electron chi connectivity index (χ0n) is 12.4. The van der Waals surface area contributed by atoms with Gasteiger partial charge in [0.1, 0.15) is 0 Å². The van der Waals surface area contributed by atoms with Gasteiger partial charge in [-0.25, -0.2) is 4.99 Å². The van der Waals surface area contributed by atoms with Gasteiger partial charge in [-0.3, -0.25) is 9.78 Å². The van der Waals surface area contributed by atoms with Crippen molar-refractivity contribution >= 4 is 23.0 Å². The Balaban J connectivity index is 1.76. The fourth-order valence-electron chi connectivity index (χ4n) is 2.76. The number of rotatable bonds is 3. The van der Waals surface area contributed by atoms with Crippen molar-refractivity contribution < 1.29 is 0 Å². The molecule has 1 aliphatic rings. The molecule has 0 amide bonds. The molecule has 4 rings (SSSR count). The zero-order chi connectivity index (χ0) is 16.0. The number of aromatic nitrogens is 4. The van der Waals surface area contributed by atoms with E-state index in [1.165, 1.54) is 0 Å². The Hall–Kier alpha value is -2.65. The SMILES string of the molecule is Cn1cc(CC2(N)N=C(N)Nc3cc(-c4ccn[nH]4)sc32)cn1. The lowest BCUT2D eigenvalue weighted by Crippen LogP contribution is -2.43. The Morgan fingerprint density at radius 3 is 3.00 bits per heavy atom. The number of nitrogens with zero attached hydrogens (tertiary/aromatic N) is 4. The molecule has 4 heterocycles. The third kappa shape index (κ3) is 2.39. The number of hydrogen-bond acceptors (Lipinski definition) is 7. The molecule has 0 saturated carbocycles. The first kappa shape index (κ1) is 14.0. The van der Waals surface area contributed by atoms with E-state index in [4.69, 9.17) is 11.5 Å². The van der Waals surface area contributed by atoms with Crippen LogP contribution in [0.15, 0.2) is 35.7 Å². The summed E-state index contributed by atoms with van der Waals surface area (Å²) >= 11 is 1.58. The number of nitrogens with one attached hydrogen (secondary N) is 2. The lowest BCUT2D eigenvalue weighted by Gasteiger charge is -2.29. The molecule has 0 radical (unpaired) electrons. The Morgan fingerprint density at radius 2 is 2.30 bits per heavy atom. The maximum atomic E-state index is 6.61. The standard InChI is InChI=1S/C14H16N8S/c1-22-7-8(6-18-22)5-14(16)12-10(19-13(15)20-14)4-11(23-12)9-2-3-17-21-9/h2-4,6-7H,5,16H2,1H3,(H,17,21)(H3,15,19,20). The molecule has 3 aromatic rings. The number of fused-ring (bicyclic) bond motifs is 1. The van der Waals surface area contributed by atoms with Gasteiger partial charge in [0.15, 0.2) is 11.6 Å². The summed E-state index contributed by atoms with van der Waals surface area (Å²) < 4.78 is 1.75. The van der Waals surface area contributed by atoms with Crippen LogP contribution in [0, 0.1) is 0 Å². The molecule has 23 heavy (non-hydrogen) atoms. The molecule has 118 valence electrons. The maximum Gasteiger partial charge on any atom is 0.195 e. The molecule has 3 aromatic heterocycles. The number of H-pyrrole nitrogens is 1. The van der Waals surface area contributed by atoms with E-state index in [-0.39, 0.29) is 0 Å². The first-order valence-corrected chi connectivity index (χ1v) is 7.88. The van der Waals surface area contributed by atoms with Crippen molar-refractivity contribution in [2.75, 3.05) is 5.32 Å². The van der Waals surface area contributed by atoms with Crippen molar-refractivity contribution in [1.82, 2.24) is 20.0 Å². The monoisotopic (exact) mass is 328 g/mol. The van der Waals surface area contributed by atoms with Crippen LogP contribution >= 0.6 is 11.3 Å². The van der Waals surface area contributed by atoms with Gasteiger partial charge in [-0.15, -0.1) is 11.3 Å². The van der Waals surface area contributed by atoms with Gasteiger partial charge in [-0.2, -0.15) is 10.2 Å². The van der Waals surface area contributed by atoms with Gasteiger partial charge in [0, 0.05) is 25.9 Å². The lowest BCUT2D eigenvalue weighted by molar-refractivity contribution is 0.472. The average Bonchev–Trinajstić information content (AvgIpc) is 3.18. The minimum absolute atomic E-state index is 0.317. The number of guanidine groups is 1. The van der Waals surface area contributed by atoms with Gasteiger partial charge in [0.05, 0.1) is 27.3 Å². The van der Waals surface area contributed by atoms with Gasteiger partial charge in [0.2, 0.25) is 0 Å². The highest BCUT2D eigenvalue weighted by Gasteiger charge is 2.36. The Kier molecular flexibility index (Phi) is 3.00. The molecule has 1 aliphatic heterocycles. The first-order valence-electron chi connectivity index (χ1n) is 7.06. The molecule has 0 saturated heterocycles. The molecule has 6 N–H and O–H groups in total. The van der Waals surface area contributed by atoms with Crippen LogP contribution in [0.25, 0.3) is 10.6 Å². The van der Waals surface area contributed by atoms with Crippen LogP contribution in [-0.2, 0) is 19.1 Å². The molecule has 0 aliphatic carbocycles. The lowest BCUT2D eigenvalue weighted by atomic mass is 9.99. The normalized spacial score (nSPS) is 20.0. The summed E-state index contributed by atoms with van der Waals surface area (Å²) in [4.78, 5) is 6.44. The number of aliphatic imine (C=N–C) groups is 1. The molecular formula is C14H16N8S. The molecule has 0 spiro atoms. The fourth-order valence-corrected chi connectivity index (χ4v) is 3.89. The van der Waals surface area contributed by atoms with Crippen molar-refractivity contribution in [3.8, 4) is 10.6 Å². The smallest absolute Gasteiger partial charge is 0.195 e. The minimum atomic E-state index is -0.906. The second-order valence-corrected chi connectivity index (χ2v) is 6.62. The largest absolute Gasteiger partial charge is 0.370 e. The van der Waals surface area contributed by atoms with Crippen LogP contribution in [0.5, 0.6) is 0 Å². The molecule has 9 heteroatoms. The Bertz CT molecular complexity index is 875. The van der Waals surface area contributed by atoms with E-state index in [1.807, 2.05) is 25.4 Å². The summed E-state index contributed by atoms with van der Waals surface area (Å²) in [6, 6.07) is 3.93. The molecule has 0 fully saturated rings. The third-order valence-electron chi connectivity index (χ3n) is 3.71. The highest BCUT2D eigenvalue weighted by atomic mass is 32.1. The number of aromatic amines is 1. The highest BCUT2D eigenvalue weighted by Crippen LogP contribution is 2.43. The van der Waals surface area contributed by atoms with Crippen LogP contribution in [0.3, 0.4) is 0 Å². The summed E-state index contributed by atoms with van der Waals surface area (Å²) in [6.07, 6.45) is 5.98. The Morgan fingerprint density at radius 1 is 1.43 bits per heavy atom. The van der Waals surface area contributed by atoms with Crippen molar-refractivity contribution in [1.29, 1.82) is 0 Å². The molecular weight excluding hydrogens is 312 g/mol. The minimum Gasteiger partial charge on any atom is -0.370 e. The van der Waals surface area contributed by atoms with E-state index in [1.54, 1.807) is 28.4 Å². The van der Waals surface area contributed by atoms with E-state index in [0.717, 1.165) is 26.7 Å². The van der Waals surface area contributed by atoms with Crippen molar-refractivity contribution in [3.05, 3.63) is 41.2 Å². The average molecular weight is 328 g/mol. The molecule has 1 atom stereocenters. The van der Waals surface area contributed by atoms with Crippen LogP contribution in [0.1, 0.15) is 10.4 Å². The van der Waals surface area contributed by atoms with Crippen LogP contribution in [-0.4, -0.2) is 25.9 Å². The number of hydrogen-bond donors (Lipinski definition) is 4. The Labute approximate surface area is 136 Å². The number of aryl methyl sites for hydroxylation is 1. The van der Waals surface area contributed by atoms with Crippen LogP contribution < -0.4 is 16.8 Å². The predicted molar refractivity (Wildman–Crippen MR) is 89.9 cm³/mol. The van der Waals surface area contributed by atoms with Crippen LogP contribution in [0.2, 0.25) is 0 Å². The van der Waals surface area contributed by atoms with Gasteiger partial charge < -0.3 is 16.8 Å². The number of thiophene rings is 1. The van der Waals surface area contributed by atoms with E-state index < -0.39 is 5.66 Å². The number of anilines is 1. The highest BCUT2D eigenvalue weighted by molar-refractivity contribution is 7.16. The molecule has 1 unspecified atom stereocenters. The quantitative estimate of drug-likeness (QED) is 0.570. The summed E-state index contributed by atoms with van der Waals surface area (Å²) in [5, 5.41) is 14.2. The second-order valence-electron chi connectivity index (χ2n) is 5.57. The van der Waals surface area contributed by atoms with E-state index in [2.05, 4.69) is 25.6 Å². The molecule has 8 nitrogen and oxygen atoms in total. The second kappa shape index (κ2) is 4.93.